The van der Waals surface area contributed by atoms with Gasteiger partial charge in [-0.3, -0.25) is 19.5 Å². The van der Waals surface area contributed by atoms with E-state index in [-0.39, 0.29) is 36.4 Å². The van der Waals surface area contributed by atoms with Crippen LogP contribution in [-0.2, 0) is 14.3 Å². The largest absolute Gasteiger partial charge is 0.465 e. The number of alkyl carbamates (subject to hydrolysis) is 1. The number of H-pyrrole nitrogens is 2. The first-order chi connectivity index (χ1) is 26.5. The molecule has 2 aliphatic rings. The van der Waals surface area contributed by atoms with Gasteiger partial charge >= 0.3 is 12.2 Å². The quantitative estimate of drug-likeness (QED) is 0.133. The van der Waals surface area contributed by atoms with Crippen LogP contribution in [0.2, 0.25) is 0 Å². The molecular formula is C40H45N9O6. The second-order valence-corrected chi connectivity index (χ2v) is 14.4. The third kappa shape index (κ3) is 7.59. The van der Waals surface area contributed by atoms with Gasteiger partial charge in [0, 0.05) is 42.8 Å². The van der Waals surface area contributed by atoms with Crippen molar-refractivity contribution in [1.29, 1.82) is 0 Å². The molecule has 4 amide bonds. The van der Waals surface area contributed by atoms with E-state index in [0.717, 1.165) is 75.1 Å². The molecule has 286 valence electrons. The van der Waals surface area contributed by atoms with Crippen LogP contribution < -0.4 is 5.32 Å². The van der Waals surface area contributed by atoms with Crippen LogP contribution in [0.5, 0.6) is 0 Å². The molecule has 55 heavy (non-hydrogen) atoms. The van der Waals surface area contributed by atoms with Crippen molar-refractivity contribution < 1.29 is 29.0 Å². The fraction of sp³-hybridized carbons (Fsp3) is 0.375. The van der Waals surface area contributed by atoms with Gasteiger partial charge in [0.15, 0.2) is 0 Å². The van der Waals surface area contributed by atoms with Gasteiger partial charge in [0.25, 0.3) is 0 Å². The summed E-state index contributed by atoms with van der Waals surface area (Å²) in [5.74, 6) is 0.831. The van der Waals surface area contributed by atoms with Crippen molar-refractivity contribution in [1.82, 2.24) is 44.9 Å². The van der Waals surface area contributed by atoms with E-state index in [2.05, 4.69) is 36.1 Å². The van der Waals surface area contributed by atoms with E-state index in [9.17, 15) is 24.3 Å². The number of amides is 4. The van der Waals surface area contributed by atoms with Gasteiger partial charge in [-0.05, 0) is 54.9 Å². The van der Waals surface area contributed by atoms with Crippen molar-refractivity contribution in [3.8, 4) is 33.6 Å². The summed E-state index contributed by atoms with van der Waals surface area (Å²) >= 11 is 0. The number of carbonyl (C=O) groups is 4. The summed E-state index contributed by atoms with van der Waals surface area (Å²) in [7, 11) is 2.71. The zero-order chi connectivity index (χ0) is 38.8. The van der Waals surface area contributed by atoms with Gasteiger partial charge in [0.1, 0.15) is 24.2 Å². The molecule has 0 aliphatic carbocycles. The smallest absolute Gasteiger partial charge is 0.407 e. The van der Waals surface area contributed by atoms with Crippen LogP contribution in [0.15, 0.2) is 67.1 Å². The van der Waals surface area contributed by atoms with Crippen LogP contribution in [0, 0.1) is 5.92 Å². The topological polar surface area (TPSA) is 190 Å². The molecule has 15 nitrogen and oxygen atoms in total. The van der Waals surface area contributed by atoms with Crippen molar-refractivity contribution in [2.75, 3.05) is 33.8 Å². The maximum absolute atomic E-state index is 13.6. The molecular weight excluding hydrogens is 702 g/mol. The first-order valence-corrected chi connectivity index (χ1v) is 18.5. The van der Waals surface area contributed by atoms with Crippen LogP contribution in [0.25, 0.3) is 44.5 Å². The third-order valence-corrected chi connectivity index (χ3v) is 10.6. The third-order valence-electron chi connectivity index (χ3n) is 10.6. The van der Waals surface area contributed by atoms with Gasteiger partial charge in [-0.1, -0.05) is 50.2 Å². The van der Waals surface area contributed by atoms with E-state index in [0.29, 0.717) is 24.7 Å². The lowest BCUT2D eigenvalue weighted by molar-refractivity contribution is -0.138. The Kier molecular flexibility index (Phi) is 10.5. The minimum Gasteiger partial charge on any atom is -0.465 e. The van der Waals surface area contributed by atoms with E-state index in [1.165, 1.54) is 14.2 Å². The summed E-state index contributed by atoms with van der Waals surface area (Å²) in [6, 6.07) is 15.1. The minimum atomic E-state index is -1.13. The number of likely N-dealkylation sites (tertiary alicyclic amines) is 2. The molecule has 4 N–H and O–H groups in total. The Morgan fingerprint density at radius 1 is 0.836 bits per heavy atom. The molecule has 0 unspecified atom stereocenters. The second-order valence-electron chi connectivity index (χ2n) is 14.4. The van der Waals surface area contributed by atoms with Crippen molar-refractivity contribution in [2.24, 2.45) is 5.92 Å². The fourth-order valence-electron chi connectivity index (χ4n) is 7.77. The lowest BCUT2D eigenvalue weighted by Gasteiger charge is -2.33. The highest BCUT2D eigenvalue weighted by Crippen LogP contribution is 2.35. The SMILES string of the molecule is COC(=O)NCC(=O)N1CCC[C@H]1c1ncc(-c2ccc3cc(-c4ccc(-c5cnc([C@@H]6CCCN6C(=O)[C@H](C(C)C)N(C)C(=O)O)[nH]5)cc4)cnc3c2)[nH]1. The van der Waals surface area contributed by atoms with Gasteiger partial charge in [0.05, 0.1) is 48.5 Å². The molecule has 0 radical (unpaired) electrons. The predicted octanol–water partition coefficient (Wildman–Crippen LogP) is 6.00. The number of methoxy groups -OCH3 is 1. The van der Waals surface area contributed by atoms with E-state index >= 15 is 0 Å². The van der Waals surface area contributed by atoms with Crippen molar-refractivity contribution in [3.63, 3.8) is 0 Å². The van der Waals surface area contributed by atoms with Gasteiger partial charge in [-0.2, -0.15) is 0 Å². The maximum atomic E-state index is 13.6. The number of rotatable bonds is 10. The Morgan fingerprint density at radius 3 is 2.07 bits per heavy atom. The molecule has 2 aromatic carbocycles. The minimum absolute atomic E-state index is 0.134. The molecule has 0 saturated carbocycles. The van der Waals surface area contributed by atoms with Crippen molar-refractivity contribution in [2.45, 2.75) is 57.7 Å². The lowest BCUT2D eigenvalue weighted by Crippen LogP contribution is -2.51. The van der Waals surface area contributed by atoms with E-state index < -0.39 is 18.2 Å². The maximum Gasteiger partial charge on any atom is 0.407 e. The number of aromatic nitrogens is 5. The zero-order valence-electron chi connectivity index (χ0n) is 31.3. The molecule has 5 heterocycles. The summed E-state index contributed by atoms with van der Waals surface area (Å²) in [6.07, 6.45) is 6.83. The Bertz CT molecular complexity index is 2210. The number of benzene rings is 2. The first kappa shape index (κ1) is 37.1. The summed E-state index contributed by atoms with van der Waals surface area (Å²) in [5.41, 5.74) is 6.34. The second kappa shape index (κ2) is 15.6. The number of aromatic amines is 2. The normalized spacial score (nSPS) is 17.5. The average molecular weight is 748 g/mol. The molecule has 3 atom stereocenters. The average Bonchev–Trinajstić information content (AvgIpc) is 4.03. The molecule has 2 fully saturated rings. The number of likely N-dealkylation sites (N-methyl/N-ethyl adjacent to an activating group) is 1. The van der Waals surface area contributed by atoms with Gasteiger partial charge < -0.3 is 34.9 Å². The predicted molar refractivity (Wildman–Crippen MR) is 205 cm³/mol. The lowest BCUT2D eigenvalue weighted by atomic mass is 10.0. The Morgan fingerprint density at radius 2 is 1.44 bits per heavy atom. The van der Waals surface area contributed by atoms with Crippen LogP contribution in [0.1, 0.15) is 63.3 Å². The standard InChI is InChI=1S/C40H45N9O6/c1-23(2)35(47(3)40(53)54)38(51)49-16-6-8-33(49)37-42-20-30(45-37)25-11-9-24(10-12-25)28-17-26-13-14-27(18-29(26)41-19-28)31-21-43-36(46-31)32-7-5-15-48(32)34(50)22-44-39(52)55-4/h9-14,17-21,23,32-33,35H,5-8,15-16,22H2,1-4H3,(H,42,45)(H,43,46)(H,44,52)(H,53,54)/t32-,33-,35-/m0/s1. The molecule has 3 aromatic heterocycles. The van der Waals surface area contributed by atoms with E-state index in [4.69, 9.17) is 4.98 Å². The van der Waals surface area contributed by atoms with Gasteiger partial charge in [-0.15, -0.1) is 0 Å². The summed E-state index contributed by atoms with van der Waals surface area (Å²) < 4.78 is 4.58. The highest BCUT2D eigenvalue weighted by molar-refractivity contribution is 5.88. The van der Waals surface area contributed by atoms with Crippen LogP contribution >= 0.6 is 0 Å². The molecule has 0 spiro atoms. The Labute approximate surface area is 318 Å². The number of hydrogen-bond acceptors (Lipinski definition) is 8. The number of ether oxygens (including phenoxy) is 1. The number of fused-ring (bicyclic) bond motifs is 1. The van der Waals surface area contributed by atoms with Gasteiger partial charge in [-0.25, -0.2) is 19.6 Å². The number of nitrogens with zero attached hydrogens (tertiary/aromatic N) is 6. The number of pyridine rings is 1. The number of nitrogens with one attached hydrogen (secondary N) is 3. The number of carbonyl (C=O) groups excluding carboxylic acids is 3. The fourth-order valence-corrected chi connectivity index (χ4v) is 7.77. The van der Waals surface area contributed by atoms with Crippen LogP contribution in [0.3, 0.4) is 0 Å². The number of hydrogen-bond donors (Lipinski definition) is 4. The zero-order valence-corrected chi connectivity index (χ0v) is 31.3. The molecule has 15 heteroatoms. The summed E-state index contributed by atoms with van der Waals surface area (Å²) in [5, 5.41) is 13.0. The number of imidazole rings is 2. The first-order valence-electron chi connectivity index (χ1n) is 18.5. The van der Waals surface area contributed by atoms with Crippen molar-refractivity contribution in [3.05, 3.63) is 78.8 Å². The molecule has 5 aromatic rings. The summed E-state index contributed by atoms with van der Waals surface area (Å²) in [6.45, 7) is 4.73. The van der Waals surface area contributed by atoms with Crippen LogP contribution in [0.4, 0.5) is 9.59 Å². The van der Waals surface area contributed by atoms with Crippen molar-refractivity contribution >= 4 is 34.9 Å². The monoisotopic (exact) mass is 747 g/mol. The molecule has 2 aliphatic heterocycles. The van der Waals surface area contributed by atoms with E-state index in [1.807, 2.05) is 62.5 Å². The highest BCUT2D eigenvalue weighted by atomic mass is 16.5. The van der Waals surface area contributed by atoms with Gasteiger partial charge in [0.2, 0.25) is 11.8 Å². The summed E-state index contributed by atoms with van der Waals surface area (Å²) in [4.78, 5) is 75.0. The van der Waals surface area contributed by atoms with E-state index in [1.54, 1.807) is 22.2 Å². The molecule has 7 rings (SSSR count). The molecule has 0 bridgehead atoms. The Hall–Kier alpha value is -6.25. The Balaban J connectivity index is 1.02. The molecule has 2 saturated heterocycles. The number of carboxylic acid groups (broad SMARTS) is 1. The highest BCUT2D eigenvalue weighted by Gasteiger charge is 2.39. The van der Waals surface area contributed by atoms with Crippen LogP contribution in [-0.4, -0.2) is 109 Å².